The Kier molecular flexibility index (Phi) is 4.68. The van der Waals surface area contributed by atoms with Gasteiger partial charge in [-0.25, -0.2) is 4.21 Å². The Morgan fingerprint density at radius 3 is 2.43 bits per heavy atom. The molecule has 30 heavy (non-hydrogen) atoms. The lowest BCUT2D eigenvalue weighted by Gasteiger charge is -2.15. The maximum absolute atomic E-state index is 13.1. The maximum Gasteiger partial charge on any atom is 0.231 e. The zero-order valence-electron chi connectivity index (χ0n) is 16.2. The quantitative estimate of drug-likeness (QED) is 0.594. The van der Waals surface area contributed by atoms with Gasteiger partial charge in [0.15, 0.2) is 22.6 Å². The predicted octanol–water partition coefficient (Wildman–Crippen LogP) is 4.51. The Morgan fingerprint density at radius 1 is 0.933 bits per heavy atom. The van der Waals surface area contributed by atoms with Crippen molar-refractivity contribution in [1.29, 1.82) is 0 Å². The largest absolute Gasteiger partial charge is 0.454 e. The van der Waals surface area contributed by atoms with Gasteiger partial charge in [-0.1, -0.05) is 42.5 Å². The smallest absolute Gasteiger partial charge is 0.231 e. The third-order valence-corrected chi connectivity index (χ3v) is 6.55. The van der Waals surface area contributed by atoms with Crippen LogP contribution >= 0.6 is 0 Å². The fourth-order valence-electron chi connectivity index (χ4n) is 4.00. The van der Waals surface area contributed by atoms with Crippen LogP contribution in [0.5, 0.6) is 11.5 Å². The van der Waals surface area contributed by atoms with Gasteiger partial charge in [0.05, 0.1) is 10.3 Å². The molecule has 0 bridgehead atoms. The van der Waals surface area contributed by atoms with E-state index >= 15 is 0 Å². The van der Waals surface area contributed by atoms with E-state index in [2.05, 4.69) is 0 Å². The molecule has 5 rings (SSSR count). The van der Waals surface area contributed by atoms with Crippen molar-refractivity contribution < 1.29 is 23.0 Å². The number of ether oxygens (including phenoxy) is 2. The minimum atomic E-state index is -2.01. The van der Waals surface area contributed by atoms with E-state index in [9.17, 15) is 13.6 Å². The number of rotatable bonds is 6. The van der Waals surface area contributed by atoms with E-state index < -0.39 is 16.5 Å². The lowest BCUT2D eigenvalue weighted by atomic mass is 9.87. The van der Waals surface area contributed by atoms with Gasteiger partial charge in [-0.3, -0.25) is 4.79 Å². The number of carbonyl (C=O) groups excluding carboxylic acids is 1. The Balaban J connectivity index is 1.33. The molecule has 1 N–H and O–H groups in total. The highest BCUT2D eigenvalue weighted by molar-refractivity contribution is 7.79. The van der Waals surface area contributed by atoms with Crippen LogP contribution in [0, 0.1) is 0 Å². The van der Waals surface area contributed by atoms with Crippen LogP contribution in [0.2, 0.25) is 0 Å². The third-order valence-electron chi connectivity index (χ3n) is 5.90. The van der Waals surface area contributed by atoms with E-state index in [0.29, 0.717) is 17.1 Å². The molecule has 1 atom stereocenters. The standard InChI is InChI=1S/C24H20O5S/c25-23(24(10-11-24)19-8-9-21-22(14-19)29-15-28-21)12-16-4-6-17(7-5-16)18-2-1-3-20(13-18)30(26)27/h1-9,13-14H,10-12,15H2,(H,26,27). The first-order valence-corrected chi connectivity index (χ1v) is 10.9. The van der Waals surface area contributed by atoms with Crippen LogP contribution in [0.1, 0.15) is 24.0 Å². The number of Topliss-reactive ketones (excluding diaryl/α,β-unsaturated/α-hetero) is 1. The van der Waals surface area contributed by atoms with E-state index in [1.54, 1.807) is 18.2 Å². The van der Waals surface area contributed by atoms with E-state index in [4.69, 9.17) is 9.47 Å². The molecule has 1 heterocycles. The molecule has 0 aromatic heterocycles. The normalized spacial score (nSPS) is 16.8. The second-order valence-electron chi connectivity index (χ2n) is 7.72. The summed E-state index contributed by atoms with van der Waals surface area (Å²) in [7, 11) is 0. The zero-order chi connectivity index (χ0) is 20.7. The molecule has 1 unspecified atom stereocenters. The van der Waals surface area contributed by atoms with Crippen LogP contribution in [0.4, 0.5) is 0 Å². The topological polar surface area (TPSA) is 72.8 Å². The second kappa shape index (κ2) is 7.38. The van der Waals surface area contributed by atoms with Gasteiger partial charge >= 0.3 is 0 Å². The van der Waals surface area contributed by atoms with Gasteiger partial charge < -0.3 is 14.0 Å². The first-order chi connectivity index (χ1) is 14.5. The molecule has 6 heteroatoms. The summed E-state index contributed by atoms with van der Waals surface area (Å²) in [5.41, 5.74) is 3.35. The second-order valence-corrected chi connectivity index (χ2v) is 8.69. The maximum atomic E-state index is 13.1. The summed E-state index contributed by atoms with van der Waals surface area (Å²) in [6.07, 6.45) is 2.08. The molecule has 1 aliphatic carbocycles. The van der Waals surface area contributed by atoms with Crippen LogP contribution in [-0.2, 0) is 27.7 Å². The molecule has 1 saturated carbocycles. The molecular formula is C24H20O5S. The Morgan fingerprint density at radius 2 is 1.70 bits per heavy atom. The fourth-order valence-corrected chi connectivity index (χ4v) is 4.42. The molecule has 0 saturated heterocycles. The van der Waals surface area contributed by atoms with Crippen molar-refractivity contribution in [1.82, 2.24) is 0 Å². The third kappa shape index (κ3) is 3.42. The summed E-state index contributed by atoms with van der Waals surface area (Å²) in [5, 5.41) is 0. The highest BCUT2D eigenvalue weighted by Gasteiger charge is 2.50. The summed E-state index contributed by atoms with van der Waals surface area (Å²) < 4.78 is 31.4. The van der Waals surface area contributed by atoms with Gasteiger partial charge in [0, 0.05) is 6.42 Å². The molecular weight excluding hydrogens is 400 g/mol. The number of benzene rings is 3. The average Bonchev–Trinajstić information content (AvgIpc) is 3.45. The Bertz CT molecular complexity index is 1150. The van der Waals surface area contributed by atoms with Crippen molar-refractivity contribution in [2.24, 2.45) is 0 Å². The molecule has 1 aliphatic heterocycles. The van der Waals surface area contributed by atoms with Gasteiger partial charge in [-0.15, -0.1) is 0 Å². The van der Waals surface area contributed by atoms with Crippen molar-refractivity contribution in [2.45, 2.75) is 29.6 Å². The average molecular weight is 420 g/mol. The van der Waals surface area contributed by atoms with Crippen LogP contribution < -0.4 is 9.47 Å². The van der Waals surface area contributed by atoms with Crippen LogP contribution in [0.15, 0.2) is 71.6 Å². The van der Waals surface area contributed by atoms with Crippen molar-refractivity contribution >= 4 is 16.9 Å². The predicted molar refractivity (Wildman–Crippen MR) is 113 cm³/mol. The summed E-state index contributed by atoms with van der Waals surface area (Å²) in [6.45, 7) is 0.225. The molecule has 0 radical (unpaired) electrons. The van der Waals surface area contributed by atoms with Gasteiger partial charge in [-0.05, 0) is 59.4 Å². The number of fused-ring (bicyclic) bond motifs is 1. The van der Waals surface area contributed by atoms with E-state index in [1.807, 2.05) is 48.5 Å². The summed E-state index contributed by atoms with van der Waals surface area (Å²) in [6, 6.07) is 20.6. The lowest BCUT2D eigenvalue weighted by Crippen LogP contribution is -2.22. The molecule has 152 valence electrons. The van der Waals surface area contributed by atoms with E-state index in [0.717, 1.165) is 40.8 Å². The van der Waals surface area contributed by atoms with Crippen LogP contribution in [0.25, 0.3) is 11.1 Å². The Hall–Kier alpha value is -2.96. The molecule has 2 aliphatic rings. The van der Waals surface area contributed by atoms with Crippen molar-refractivity contribution in [2.75, 3.05) is 6.79 Å². The van der Waals surface area contributed by atoms with Gasteiger partial charge in [-0.2, -0.15) is 0 Å². The summed E-state index contributed by atoms with van der Waals surface area (Å²) >= 11 is -2.01. The minimum Gasteiger partial charge on any atom is -0.454 e. The van der Waals surface area contributed by atoms with Gasteiger partial charge in [0.25, 0.3) is 0 Å². The lowest BCUT2D eigenvalue weighted by molar-refractivity contribution is -0.120. The van der Waals surface area contributed by atoms with Gasteiger partial charge in [0.2, 0.25) is 6.79 Å². The first kappa shape index (κ1) is 19.0. The number of hydrogen-bond donors (Lipinski definition) is 1. The monoisotopic (exact) mass is 420 g/mol. The zero-order valence-corrected chi connectivity index (χ0v) is 17.0. The van der Waals surface area contributed by atoms with Crippen molar-refractivity contribution in [3.8, 4) is 22.6 Å². The molecule has 0 spiro atoms. The van der Waals surface area contributed by atoms with E-state index in [1.165, 1.54) is 0 Å². The first-order valence-electron chi connectivity index (χ1n) is 9.79. The number of carbonyl (C=O) groups is 1. The molecule has 1 fully saturated rings. The molecule has 0 amide bonds. The molecule has 3 aromatic rings. The van der Waals surface area contributed by atoms with Gasteiger partial charge in [0.1, 0.15) is 5.78 Å². The fraction of sp³-hybridized carbons (Fsp3) is 0.208. The number of ketones is 1. The Labute approximate surface area is 176 Å². The van der Waals surface area contributed by atoms with Crippen molar-refractivity contribution in [3.05, 3.63) is 77.9 Å². The highest BCUT2D eigenvalue weighted by Crippen LogP contribution is 2.51. The van der Waals surface area contributed by atoms with E-state index in [-0.39, 0.29) is 12.6 Å². The number of hydrogen-bond acceptors (Lipinski definition) is 4. The molecule has 5 nitrogen and oxygen atoms in total. The van der Waals surface area contributed by atoms with Crippen LogP contribution in [-0.4, -0.2) is 21.3 Å². The van der Waals surface area contributed by atoms with Crippen LogP contribution in [0.3, 0.4) is 0 Å². The van der Waals surface area contributed by atoms with Crippen molar-refractivity contribution in [3.63, 3.8) is 0 Å². The summed E-state index contributed by atoms with van der Waals surface area (Å²) in [5.74, 6) is 1.65. The summed E-state index contributed by atoms with van der Waals surface area (Å²) in [4.78, 5) is 13.5. The molecule has 3 aromatic carbocycles. The SMILES string of the molecule is O=C(Cc1ccc(-c2cccc(S(=O)O)c2)cc1)C1(c2ccc3c(c2)OCO3)CC1. The minimum absolute atomic E-state index is 0.215. The highest BCUT2D eigenvalue weighted by atomic mass is 32.2.